The number of unbranched alkanes of at least 4 members (excludes halogenated alkanes) is 1. The van der Waals surface area contributed by atoms with E-state index in [1.807, 2.05) is 18.3 Å². The fourth-order valence-electron chi connectivity index (χ4n) is 1.05. The van der Waals surface area contributed by atoms with Gasteiger partial charge in [0.05, 0.1) is 0 Å². The molecule has 13 heavy (non-hydrogen) atoms. The zero-order valence-corrected chi connectivity index (χ0v) is 7.57. The molecule has 0 aliphatic rings. The number of hydrogen-bond acceptors (Lipinski definition) is 3. The van der Waals surface area contributed by atoms with Crippen LogP contribution in [0.2, 0.25) is 0 Å². The second kappa shape index (κ2) is 6.31. The Hall–Kier alpha value is -1.22. The van der Waals surface area contributed by atoms with Crippen LogP contribution in [0.15, 0.2) is 24.5 Å². The van der Waals surface area contributed by atoms with Crippen LogP contribution in [0.3, 0.4) is 0 Å². The van der Waals surface area contributed by atoms with E-state index in [0.29, 0.717) is 6.42 Å². The third kappa shape index (κ3) is 4.38. The Balaban J connectivity index is 2.10. The van der Waals surface area contributed by atoms with Crippen molar-refractivity contribution in [2.45, 2.75) is 19.4 Å². The maximum atomic E-state index is 10.0. The van der Waals surface area contributed by atoms with Crippen LogP contribution in [-0.2, 0) is 11.3 Å². The van der Waals surface area contributed by atoms with Gasteiger partial charge in [0.25, 0.3) is 0 Å². The summed E-state index contributed by atoms with van der Waals surface area (Å²) in [4.78, 5) is 14.0. The van der Waals surface area contributed by atoms with E-state index in [1.165, 1.54) is 5.56 Å². The molecule has 0 radical (unpaired) electrons. The summed E-state index contributed by atoms with van der Waals surface area (Å²) in [6, 6.07) is 3.95. The zero-order chi connectivity index (χ0) is 9.36. The molecule has 1 rings (SSSR count). The molecule has 0 unspecified atom stereocenters. The van der Waals surface area contributed by atoms with Gasteiger partial charge in [-0.25, -0.2) is 0 Å². The number of nitrogens with one attached hydrogen (secondary N) is 1. The van der Waals surface area contributed by atoms with Gasteiger partial charge in [0, 0.05) is 25.4 Å². The number of carbonyl (C=O) groups is 1. The summed E-state index contributed by atoms with van der Waals surface area (Å²) >= 11 is 0. The van der Waals surface area contributed by atoms with Crippen molar-refractivity contribution in [2.24, 2.45) is 0 Å². The molecule has 0 aliphatic carbocycles. The highest BCUT2D eigenvalue weighted by Gasteiger charge is 1.90. The molecule has 1 N–H and O–H groups in total. The minimum atomic E-state index is 0.639. The number of aromatic nitrogens is 1. The Morgan fingerprint density at radius 1 is 1.54 bits per heavy atom. The second-order valence-corrected chi connectivity index (χ2v) is 2.85. The van der Waals surface area contributed by atoms with Crippen molar-refractivity contribution >= 4 is 6.29 Å². The van der Waals surface area contributed by atoms with E-state index in [-0.39, 0.29) is 0 Å². The van der Waals surface area contributed by atoms with Gasteiger partial charge in [0.15, 0.2) is 0 Å². The number of rotatable bonds is 6. The van der Waals surface area contributed by atoms with Gasteiger partial charge in [-0.2, -0.15) is 0 Å². The Morgan fingerprint density at radius 3 is 3.15 bits per heavy atom. The van der Waals surface area contributed by atoms with Crippen LogP contribution in [0.5, 0.6) is 0 Å². The van der Waals surface area contributed by atoms with E-state index < -0.39 is 0 Å². The fraction of sp³-hybridized carbons (Fsp3) is 0.400. The van der Waals surface area contributed by atoms with Crippen molar-refractivity contribution in [3.05, 3.63) is 30.1 Å². The van der Waals surface area contributed by atoms with Crippen molar-refractivity contribution < 1.29 is 4.79 Å². The van der Waals surface area contributed by atoms with Crippen molar-refractivity contribution in [1.82, 2.24) is 10.3 Å². The molecule has 3 heteroatoms. The fourth-order valence-corrected chi connectivity index (χ4v) is 1.05. The molecule has 0 saturated heterocycles. The molecule has 0 fully saturated rings. The molecule has 1 aromatic heterocycles. The molecule has 0 bridgehead atoms. The zero-order valence-electron chi connectivity index (χ0n) is 7.57. The molecule has 70 valence electrons. The van der Waals surface area contributed by atoms with E-state index in [0.717, 1.165) is 25.8 Å². The number of carbonyl (C=O) groups excluding carboxylic acids is 1. The summed E-state index contributed by atoms with van der Waals surface area (Å²) in [6.07, 6.45) is 6.10. The Morgan fingerprint density at radius 2 is 2.46 bits per heavy atom. The molecule has 0 aromatic carbocycles. The van der Waals surface area contributed by atoms with Crippen LogP contribution >= 0.6 is 0 Å². The Bertz CT molecular complexity index is 236. The number of nitrogens with zero attached hydrogens (tertiary/aromatic N) is 1. The van der Waals surface area contributed by atoms with E-state index in [9.17, 15) is 4.79 Å². The first-order valence-corrected chi connectivity index (χ1v) is 4.47. The second-order valence-electron chi connectivity index (χ2n) is 2.85. The predicted octanol–water partition coefficient (Wildman–Crippen LogP) is 1.15. The van der Waals surface area contributed by atoms with Crippen LogP contribution in [0.4, 0.5) is 0 Å². The number of pyridine rings is 1. The highest BCUT2D eigenvalue weighted by molar-refractivity contribution is 5.48. The maximum absolute atomic E-state index is 10.0. The summed E-state index contributed by atoms with van der Waals surface area (Å²) in [5.74, 6) is 0. The summed E-state index contributed by atoms with van der Waals surface area (Å²) in [5, 5.41) is 3.24. The third-order valence-electron chi connectivity index (χ3n) is 1.73. The van der Waals surface area contributed by atoms with Crippen LogP contribution < -0.4 is 5.32 Å². The standard InChI is InChI=1S/C10H14N2O/c13-7-2-1-5-11-8-10-4-3-6-12-9-10/h3-4,6-7,9,11H,1-2,5,8H2. The van der Waals surface area contributed by atoms with E-state index in [1.54, 1.807) is 6.20 Å². The van der Waals surface area contributed by atoms with Gasteiger partial charge >= 0.3 is 0 Å². The van der Waals surface area contributed by atoms with Crippen LogP contribution in [0, 0.1) is 0 Å². The molecule has 1 aromatic rings. The average Bonchev–Trinajstić information content (AvgIpc) is 2.19. The molecular weight excluding hydrogens is 164 g/mol. The quantitative estimate of drug-likeness (QED) is 0.525. The molecule has 0 aliphatic heterocycles. The summed E-state index contributed by atoms with van der Waals surface area (Å²) in [5.41, 5.74) is 1.17. The van der Waals surface area contributed by atoms with E-state index >= 15 is 0 Å². The molecule has 3 nitrogen and oxygen atoms in total. The van der Waals surface area contributed by atoms with E-state index in [4.69, 9.17) is 0 Å². The predicted molar refractivity (Wildman–Crippen MR) is 51.2 cm³/mol. The van der Waals surface area contributed by atoms with Crippen LogP contribution in [0.1, 0.15) is 18.4 Å². The van der Waals surface area contributed by atoms with Gasteiger partial charge in [0.1, 0.15) is 6.29 Å². The molecular formula is C10H14N2O. The topological polar surface area (TPSA) is 42.0 Å². The average molecular weight is 178 g/mol. The normalized spacial score (nSPS) is 9.85. The first-order valence-electron chi connectivity index (χ1n) is 4.47. The maximum Gasteiger partial charge on any atom is 0.120 e. The Kier molecular flexibility index (Phi) is 4.79. The summed E-state index contributed by atoms with van der Waals surface area (Å²) in [7, 11) is 0. The first kappa shape index (κ1) is 9.86. The van der Waals surface area contributed by atoms with E-state index in [2.05, 4.69) is 10.3 Å². The Labute approximate surface area is 78.2 Å². The smallest absolute Gasteiger partial charge is 0.120 e. The van der Waals surface area contributed by atoms with Crippen LogP contribution in [-0.4, -0.2) is 17.8 Å². The van der Waals surface area contributed by atoms with Gasteiger partial charge in [-0.05, 0) is 24.6 Å². The van der Waals surface area contributed by atoms with Gasteiger partial charge in [-0.1, -0.05) is 6.07 Å². The largest absolute Gasteiger partial charge is 0.313 e. The van der Waals surface area contributed by atoms with Gasteiger partial charge in [0.2, 0.25) is 0 Å². The molecule has 0 spiro atoms. The highest BCUT2D eigenvalue weighted by atomic mass is 16.1. The van der Waals surface area contributed by atoms with Crippen molar-refractivity contribution in [2.75, 3.05) is 6.54 Å². The lowest BCUT2D eigenvalue weighted by molar-refractivity contribution is -0.107. The molecule has 0 saturated carbocycles. The molecule has 0 amide bonds. The van der Waals surface area contributed by atoms with Crippen LogP contribution in [0.25, 0.3) is 0 Å². The van der Waals surface area contributed by atoms with Gasteiger partial charge < -0.3 is 10.1 Å². The minimum absolute atomic E-state index is 0.639. The minimum Gasteiger partial charge on any atom is -0.313 e. The lowest BCUT2D eigenvalue weighted by Crippen LogP contribution is -2.14. The van der Waals surface area contributed by atoms with Crippen molar-refractivity contribution in [3.8, 4) is 0 Å². The number of aldehydes is 1. The highest BCUT2D eigenvalue weighted by Crippen LogP contribution is 1.94. The molecule has 0 atom stereocenters. The number of hydrogen-bond donors (Lipinski definition) is 1. The molecule has 1 heterocycles. The first-order chi connectivity index (χ1) is 6.43. The SMILES string of the molecule is O=CCCCNCc1cccnc1. The lowest BCUT2D eigenvalue weighted by atomic mass is 10.3. The third-order valence-corrected chi connectivity index (χ3v) is 1.73. The lowest BCUT2D eigenvalue weighted by Gasteiger charge is -2.01. The summed E-state index contributed by atoms with van der Waals surface area (Å²) < 4.78 is 0. The van der Waals surface area contributed by atoms with Gasteiger partial charge in [-0.15, -0.1) is 0 Å². The van der Waals surface area contributed by atoms with Crippen molar-refractivity contribution in [3.63, 3.8) is 0 Å². The monoisotopic (exact) mass is 178 g/mol. The van der Waals surface area contributed by atoms with Gasteiger partial charge in [-0.3, -0.25) is 4.98 Å². The van der Waals surface area contributed by atoms with Crippen molar-refractivity contribution in [1.29, 1.82) is 0 Å². The summed E-state index contributed by atoms with van der Waals surface area (Å²) in [6.45, 7) is 1.71.